The van der Waals surface area contributed by atoms with Crippen LogP contribution >= 0.6 is 0 Å². The van der Waals surface area contributed by atoms with E-state index in [0.717, 1.165) is 0 Å². The molecule has 0 aromatic carbocycles. The summed E-state index contributed by atoms with van der Waals surface area (Å²) in [6.45, 7) is 16.6. The Morgan fingerprint density at radius 1 is 0.682 bits per heavy atom. The molecule has 0 amide bonds. The highest BCUT2D eigenvalue weighted by molar-refractivity contribution is 5.63. The van der Waals surface area contributed by atoms with Crippen molar-refractivity contribution in [1.29, 1.82) is 0 Å². The highest BCUT2D eigenvalue weighted by Crippen LogP contribution is 2.16. The number of quaternary nitrogens is 1. The Balaban J connectivity index is 0. The van der Waals surface area contributed by atoms with E-state index in [9.17, 15) is 9.90 Å². The lowest BCUT2D eigenvalue weighted by atomic mass is 10.1. The van der Waals surface area contributed by atoms with Crippen molar-refractivity contribution in [3.8, 4) is 0 Å². The first-order valence-electron chi connectivity index (χ1n) is 9.56. The van der Waals surface area contributed by atoms with Crippen molar-refractivity contribution >= 4 is 5.97 Å². The lowest BCUT2D eigenvalue weighted by Gasteiger charge is -2.39. The molecule has 0 aliphatic carbocycles. The summed E-state index contributed by atoms with van der Waals surface area (Å²) in [4.78, 5) is 9.26. The van der Waals surface area contributed by atoms with Gasteiger partial charge in [-0.15, -0.1) is 0 Å². The van der Waals surface area contributed by atoms with Crippen LogP contribution in [0.2, 0.25) is 0 Å². The Kier molecular flexibility index (Phi) is 18.1. The number of nitrogens with zero attached hydrogens (tertiary/aromatic N) is 1. The van der Waals surface area contributed by atoms with Gasteiger partial charge in [-0.2, -0.15) is 0 Å². The largest absolute Gasteiger partial charge is 0.550 e. The van der Waals surface area contributed by atoms with E-state index in [0.29, 0.717) is 0 Å². The van der Waals surface area contributed by atoms with Crippen LogP contribution < -0.4 is 5.11 Å². The van der Waals surface area contributed by atoms with E-state index in [4.69, 9.17) is 0 Å². The van der Waals surface area contributed by atoms with Gasteiger partial charge in [0.1, 0.15) is 0 Å². The zero-order valence-electron chi connectivity index (χ0n) is 16.0. The van der Waals surface area contributed by atoms with Crippen molar-refractivity contribution in [3.63, 3.8) is 0 Å². The fraction of sp³-hybridized carbons (Fsp3) is 0.947. The first-order chi connectivity index (χ1) is 10.5. The first-order valence-corrected chi connectivity index (χ1v) is 9.56. The SMILES string of the molecule is CCC(=O)[O-].CCCC[N+](CCCC)(CCCC)CCCC. The van der Waals surface area contributed by atoms with Crippen LogP contribution in [0.25, 0.3) is 0 Å². The number of rotatable bonds is 13. The minimum absolute atomic E-state index is 0.111. The Hall–Kier alpha value is -0.570. The van der Waals surface area contributed by atoms with E-state index in [-0.39, 0.29) is 6.42 Å². The van der Waals surface area contributed by atoms with Crippen molar-refractivity contribution in [1.82, 2.24) is 0 Å². The number of carboxylic acid groups (broad SMARTS) is 1. The second kappa shape index (κ2) is 16.8. The molecule has 0 saturated carbocycles. The van der Waals surface area contributed by atoms with E-state index < -0.39 is 5.97 Å². The molecule has 0 radical (unpaired) electrons. The highest BCUT2D eigenvalue weighted by atomic mass is 16.4. The van der Waals surface area contributed by atoms with Crippen LogP contribution in [0.1, 0.15) is 92.4 Å². The van der Waals surface area contributed by atoms with Crippen LogP contribution in [0.15, 0.2) is 0 Å². The van der Waals surface area contributed by atoms with Gasteiger partial charge in [-0.3, -0.25) is 0 Å². The topological polar surface area (TPSA) is 40.1 Å². The van der Waals surface area contributed by atoms with Crippen LogP contribution in [0.4, 0.5) is 0 Å². The normalized spacial score (nSPS) is 11.0. The number of aliphatic carboxylic acids is 1. The number of carboxylic acids is 1. The molecule has 0 fully saturated rings. The number of carbonyl (C=O) groups is 1. The molecule has 0 aliphatic heterocycles. The molecule has 0 atom stereocenters. The number of carbonyl (C=O) groups excluding carboxylic acids is 1. The summed E-state index contributed by atoms with van der Waals surface area (Å²) >= 11 is 0. The van der Waals surface area contributed by atoms with E-state index in [1.165, 1.54) is 89.0 Å². The standard InChI is InChI=1S/C16H36N.C3H6O2/c1-5-9-13-17(14-10-6-2,15-11-7-3)16-12-8-4;1-2-3(4)5/h5-16H2,1-4H3;2H2,1H3,(H,4,5)/q+1;/p-1. The molecule has 3 nitrogen and oxygen atoms in total. The fourth-order valence-corrected chi connectivity index (χ4v) is 2.64. The molecular weight excluding hydrogens is 274 g/mol. The Bertz CT molecular complexity index is 204. The summed E-state index contributed by atoms with van der Waals surface area (Å²) in [5.74, 6) is -0.995. The van der Waals surface area contributed by atoms with Crippen LogP contribution in [0.5, 0.6) is 0 Å². The number of unbranched alkanes of at least 4 members (excludes halogenated alkanes) is 4. The molecule has 134 valence electrons. The zero-order valence-corrected chi connectivity index (χ0v) is 16.0. The summed E-state index contributed by atoms with van der Waals surface area (Å²) in [6, 6.07) is 0. The molecule has 0 saturated heterocycles. The summed E-state index contributed by atoms with van der Waals surface area (Å²) < 4.78 is 1.42. The monoisotopic (exact) mass is 315 g/mol. The minimum atomic E-state index is -0.995. The van der Waals surface area contributed by atoms with Gasteiger partial charge in [0.05, 0.1) is 26.2 Å². The van der Waals surface area contributed by atoms with E-state index in [2.05, 4.69) is 27.7 Å². The molecule has 0 rings (SSSR count). The van der Waals surface area contributed by atoms with Gasteiger partial charge < -0.3 is 14.4 Å². The molecule has 0 heterocycles. The van der Waals surface area contributed by atoms with Crippen molar-refractivity contribution in [2.24, 2.45) is 0 Å². The Labute approximate surface area is 139 Å². The minimum Gasteiger partial charge on any atom is -0.550 e. The van der Waals surface area contributed by atoms with Gasteiger partial charge in [-0.05, 0) is 32.1 Å². The third-order valence-electron chi connectivity index (χ3n) is 4.23. The molecule has 22 heavy (non-hydrogen) atoms. The van der Waals surface area contributed by atoms with E-state index >= 15 is 0 Å². The van der Waals surface area contributed by atoms with Crippen LogP contribution in [-0.4, -0.2) is 36.6 Å². The third-order valence-corrected chi connectivity index (χ3v) is 4.23. The molecule has 0 spiro atoms. The molecular formula is C19H41NO2. The van der Waals surface area contributed by atoms with Gasteiger partial charge in [0.15, 0.2) is 0 Å². The van der Waals surface area contributed by atoms with Crippen molar-refractivity contribution in [3.05, 3.63) is 0 Å². The first kappa shape index (κ1) is 23.7. The van der Waals surface area contributed by atoms with E-state index in [1.54, 1.807) is 0 Å². The lowest BCUT2D eigenvalue weighted by molar-refractivity contribution is -0.929. The van der Waals surface area contributed by atoms with Crippen LogP contribution in [0.3, 0.4) is 0 Å². The fourth-order valence-electron chi connectivity index (χ4n) is 2.64. The highest BCUT2D eigenvalue weighted by Gasteiger charge is 2.24. The average molecular weight is 316 g/mol. The molecule has 0 N–H and O–H groups in total. The summed E-state index contributed by atoms with van der Waals surface area (Å²) in [5.41, 5.74) is 0. The average Bonchev–Trinajstić information content (AvgIpc) is 2.54. The van der Waals surface area contributed by atoms with Gasteiger partial charge in [0.25, 0.3) is 0 Å². The Morgan fingerprint density at radius 2 is 0.909 bits per heavy atom. The molecule has 0 aromatic rings. The second-order valence-electron chi connectivity index (χ2n) is 6.38. The second-order valence-corrected chi connectivity index (χ2v) is 6.38. The summed E-state index contributed by atoms with van der Waals surface area (Å²) in [6.07, 6.45) is 11.2. The molecule has 0 aromatic heterocycles. The third kappa shape index (κ3) is 14.4. The number of hydrogen-bond donors (Lipinski definition) is 0. The molecule has 0 unspecified atom stereocenters. The van der Waals surface area contributed by atoms with Gasteiger partial charge in [-0.25, -0.2) is 0 Å². The maximum atomic E-state index is 9.26. The maximum Gasteiger partial charge on any atom is 0.0786 e. The molecule has 0 bridgehead atoms. The Morgan fingerprint density at radius 3 is 1.05 bits per heavy atom. The summed E-state index contributed by atoms with van der Waals surface area (Å²) in [7, 11) is 0. The van der Waals surface area contributed by atoms with Gasteiger partial charge >= 0.3 is 0 Å². The maximum absolute atomic E-state index is 9.26. The van der Waals surface area contributed by atoms with Gasteiger partial charge in [0, 0.05) is 5.97 Å². The molecule has 3 heteroatoms. The molecule has 0 aliphatic rings. The predicted molar refractivity (Wildman–Crippen MR) is 94.7 cm³/mol. The van der Waals surface area contributed by atoms with Crippen molar-refractivity contribution < 1.29 is 14.4 Å². The zero-order chi connectivity index (χ0) is 17.3. The predicted octanol–water partition coefficient (Wildman–Crippen LogP) is 4.15. The lowest BCUT2D eigenvalue weighted by Crippen LogP contribution is -2.50. The van der Waals surface area contributed by atoms with Crippen LogP contribution in [-0.2, 0) is 4.79 Å². The number of hydrogen-bond acceptors (Lipinski definition) is 2. The quantitative estimate of drug-likeness (QED) is 0.479. The van der Waals surface area contributed by atoms with Gasteiger partial charge in [-0.1, -0.05) is 60.3 Å². The van der Waals surface area contributed by atoms with Crippen molar-refractivity contribution in [2.45, 2.75) is 92.4 Å². The summed E-state index contributed by atoms with van der Waals surface area (Å²) in [5, 5.41) is 9.26. The smallest absolute Gasteiger partial charge is 0.0786 e. The van der Waals surface area contributed by atoms with Gasteiger partial charge in [0.2, 0.25) is 0 Å². The van der Waals surface area contributed by atoms with Crippen LogP contribution in [0, 0.1) is 0 Å². The van der Waals surface area contributed by atoms with E-state index in [1.807, 2.05) is 0 Å². The van der Waals surface area contributed by atoms with Crippen molar-refractivity contribution in [2.75, 3.05) is 26.2 Å².